The average molecular weight is 278 g/mol. The Hall–Kier alpha value is -1.55. The fraction of sp³-hybridized carbons (Fsp3) is 0.562. The molecule has 0 aliphatic heterocycles. The number of para-hydroxylation sites is 1. The second-order valence-electron chi connectivity index (χ2n) is 5.15. The number of rotatable bonds is 8. The Kier molecular flexibility index (Phi) is 7.09. The molecule has 2 N–H and O–H groups in total. The molecule has 0 aliphatic rings. The van der Waals surface area contributed by atoms with Crippen LogP contribution >= 0.6 is 0 Å². The van der Waals surface area contributed by atoms with Gasteiger partial charge in [0.2, 0.25) is 5.91 Å². The maximum absolute atomic E-state index is 11.9. The van der Waals surface area contributed by atoms with Gasteiger partial charge in [0.05, 0.1) is 7.11 Å². The van der Waals surface area contributed by atoms with E-state index in [-0.39, 0.29) is 18.0 Å². The zero-order valence-electron chi connectivity index (χ0n) is 12.9. The lowest BCUT2D eigenvalue weighted by Crippen LogP contribution is -2.38. The van der Waals surface area contributed by atoms with Crippen molar-refractivity contribution in [1.29, 1.82) is 0 Å². The number of nitrogens with one attached hydrogen (secondary N) is 2. The number of carbonyl (C=O) groups is 1. The third-order valence-electron chi connectivity index (χ3n) is 3.17. The summed E-state index contributed by atoms with van der Waals surface area (Å²) in [6.07, 6.45) is 1.27. The van der Waals surface area contributed by atoms with Crippen LogP contribution in [0, 0.1) is 0 Å². The van der Waals surface area contributed by atoms with E-state index in [4.69, 9.17) is 4.74 Å². The lowest BCUT2D eigenvalue weighted by Gasteiger charge is -2.18. The molecule has 2 atom stereocenters. The molecule has 0 bridgehead atoms. The predicted molar refractivity (Wildman–Crippen MR) is 82.1 cm³/mol. The van der Waals surface area contributed by atoms with E-state index in [0.717, 1.165) is 24.3 Å². The Morgan fingerprint density at radius 3 is 2.60 bits per heavy atom. The standard InChI is InChI=1S/C16H26N2O2/c1-5-17-12(2)11-16(19)18-13(3)10-14-8-6-7-9-15(14)20-4/h6-9,12-13,17H,5,10-11H2,1-4H3,(H,18,19). The van der Waals surface area contributed by atoms with Gasteiger partial charge in [-0.2, -0.15) is 0 Å². The van der Waals surface area contributed by atoms with Crippen LogP contribution in [0.2, 0.25) is 0 Å². The molecule has 1 amide bonds. The maximum Gasteiger partial charge on any atom is 0.221 e. The van der Waals surface area contributed by atoms with E-state index in [0.29, 0.717) is 6.42 Å². The summed E-state index contributed by atoms with van der Waals surface area (Å²) < 4.78 is 5.32. The summed E-state index contributed by atoms with van der Waals surface area (Å²) in [6, 6.07) is 8.20. The van der Waals surface area contributed by atoms with Crippen molar-refractivity contribution in [2.45, 2.75) is 45.7 Å². The Morgan fingerprint density at radius 2 is 1.95 bits per heavy atom. The van der Waals surface area contributed by atoms with E-state index in [9.17, 15) is 4.79 Å². The predicted octanol–water partition coefficient (Wildman–Crippen LogP) is 2.13. The molecule has 0 saturated carbocycles. The largest absolute Gasteiger partial charge is 0.496 e. The van der Waals surface area contributed by atoms with Crippen molar-refractivity contribution in [3.05, 3.63) is 29.8 Å². The Morgan fingerprint density at radius 1 is 1.25 bits per heavy atom. The first-order valence-corrected chi connectivity index (χ1v) is 7.21. The molecule has 0 saturated heterocycles. The van der Waals surface area contributed by atoms with Crippen LogP contribution in [-0.4, -0.2) is 31.6 Å². The fourth-order valence-electron chi connectivity index (χ4n) is 2.28. The van der Waals surface area contributed by atoms with E-state index in [1.807, 2.05) is 45.0 Å². The van der Waals surface area contributed by atoms with Crippen LogP contribution in [0.5, 0.6) is 5.75 Å². The summed E-state index contributed by atoms with van der Waals surface area (Å²) in [5.41, 5.74) is 1.11. The van der Waals surface area contributed by atoms with Crippen molar-refractivity contribution in [3.63, 3.8) is 0 Å². The number of methoxy groups -OCH3 is 1. The lowest BCUT2D eigenvalue weighted by molar-refractivity contribution is -0.122. The number of benzene rings is 1. The molecule has 20 heavy (non-hydrogen) atoms. The molecular formula is C16H26N2O2. The molecule has 1 rings (SSSR count). The Labute approximate surface area is 121 Å². The van der Waals surface area contributed by atoms with Crippen molar-refractivity contribution in [2.24, 2.45) is 0 Å². The smallest absolute Gasteiger partial charge is 0.221 e. The van der Waals surface area contributed by atoms with Crippen LogP contribution < -0.4 is 15.4 Å². The molecule has 0 radical (unpaired) electrons. The topological polar surface area (TPSA) is 50.4 Å². The van der Waals surface area contributed by atoms with Crippen molar-refractivity contribution < 1.29 is 9.53 Å². The van der Waals surface area contributed by atoms with E-state index >= 15 is 0 Å². The number of hydrogen-bond acceptors (Lipinski definition) is 3. The molecule has 0 aromatic heterocycles. The van der Waals surface area contributed by atoms with Crippen LogP contribution in [0.3, 0.4) is 0 Å². The molecule has 112 valence electrons. The molecule has 0 fully saturated rings. The normalized spacial score (nSPS) is 13.6. The average Bonchev–Trinajstić information content (AvgIpc) is 2.39. The zero-order chi connectivity index (χ0) is 15.0. The van der Waals surface area contributed by atoms with Crippen LogP contribution in [0.25, 0.3) is 0 Å². The molecule has 4 heteroatoms. The minimum Gasteiger partial charge on any atom is -0.496 e. The lowest BCUT2D eigenvalue weighted by atomic mass is 10.1. The first-order valence-electron chi connectivity index (χ1n) is 7.21. The van der Waals surface area contributed by atoms with Crippen molar-refractivity contribution >= 4 is 5.91 Å². The number of hydrogen-bond donors (Lipinski definition) is 2. The SMILES string of the molecule is CCNC(C)CC(=O)NC(C)Cc1ccccc1OC. The van der Waals surface area contributed by atoms with E-state index in [2.05, 4.69) is 10.6 Å². The van der Waals surface area contributed by atoms with Gasteiger partial charge < -0.3 is 15.4 Å². The molecule has 1 aromatic rings. The van der Waals surface area contributed by atoms with E-state index in [1.54, 1.807) is 7.11 Å². The van der Waals surface area contributed by atoms with Gasteiger partial charge in [-0.1, -0.05) is 25.1 Å². The van der Waals surface area contributed by atoms with Gasteiger partial charge in [-0.25, -0.2) is 0 Å². The van der Waals surface area contributed by atoms with Gasteiger partial charge in [-0.05, 0) is 38.4 Å². The second-order valence-corrected chi connectivity index (χ2v) is 5.15. The van der Waals surface area contributed by atoms with Crippen molar-refractivity contribution in [2.75, 3.05) is 13.7 Å². The monoisotopic (exact) mass is 278 g/mol. The summed E-state index contributed by atoms with van der Waals surface area (Å²) in [4.78, 5) is 11.9. The van der Waals surface area contributed by atoms with Gasteiger partial charge in [0.1, 0.15) is 5.75 Å². The zero-order valence-corrected chi connectivity index (χ0v) is 12.9. The van der Waals surface area contributed by atoms with Crippen molar-refractivity contribution in [3.8, 4) is 5.75 Å². The maximum atomic E-state index is 11.9. The summed E-state index contributed by atoms with van der Waals surface area (Å²) in [7, 11) is 1.67. The number of ether oxygens (including phenoxy) is 1. The molecular weight excluding hydrogens is 252 g/mol. The Balaban J connectivity index is 2.46. The highest BCUT2D eigenvalue weighted by Crippen LogP contribution is 2.18. The van der Waals surface area contributed by atoms with Gasteiger partial charge in [0.15, 0.2) is 0 Å². The first-order chi connectivity index (χ1) is 9.56. The third kappa shape index (κ3) is 5.61. The highest BCUT2D eigenvalue weighted by atomic mass is 16.5. The summed E-state index contributed by atoms with van der Waals surface area (Å²) in [5, 5.41) is 6.27. The molecule has 0 heterocycles. The molecule has 0 spiro atoms. The fourth-order valence-corrected chi connectivity index (χ4v) is 2.28. The number of amides is 1. The quantitative estimate of drug-likeness (QED) is 0.766. The second kappa shape index (κ2) is 8.59. The van der Waals surface area contributed by atoms with E-state index in [1.165, 1.54) is 0 Å². The van der Waals surface area contributed by atoms with Gasteiger partial charge in [-0.3, -0.25) is 4.79 Å². The molecule has 0 aliphatic carbocycles. The van der Waals surface area contributed by atoms with Crippen molar-refractivity contribution in [1.82, 2.24) is 10.6 Å². The van der Waals surface area contributed by atoms with Gasteiger partial charge in [0, 0.05) is 18.5 Å². The minimum absolute atomic E-state index is 0.0841. The first kappa shape index (κ1) is 16.5. The molecule has 1 aromatic carbocycles. The van der Waals surface area contributed by atoms with Crippen LogP contribution in [0.4, 0.5) is 0 Å². The number of carbonyl (C=O) groups excluding carboxylic acids is 1. The van der Waals surface area contributed by atoms with E-state index < -0.39 is 0 Å². The van der Waals surface area contributed by atoms with Crippen LogP contribution in [0.1, 0.15) is 32.8 Å². The van der Waals surface area contributed by atoms with Gasteiger partial charge in [0.25, 0.3) is 0 Å². The minimum atomic E-state index is 0.0841. The summed E-state index contributed by atoms with van der Waals surface area (Å²) in [6.45, 7) is 6.96. The van der Waals surface area contributed by atoms with Gasteiger partial charge in [-0.15, -0.1) is 0 Å². The highest BCUT2D eigenvalue weighted by Gasteiger charge is 2.13. The molecule has 2 unspecified atom stereocenters. The third-order valence-corrected chi connectivity index (χ3v) is 3.17. The highest BCUT2D eigenvalue weighted by molar-refractivity contribution is 5.76. The summed E-state index contributed by atoms with van der Waals surface area (Å²) in [5.74, 6) is 0.954. The van der Waals surface area contributed by atoms with Gasteiger partial charge >= 0.3 is 0 Å². The molecule has 4 nitrogen and oxygen atoms in total. The Bertz CT molecular complexity index is 421. The van der Waals surface area contributed by atoms with Crippen LogP contribution in [0.15, 0.2) is 24.3 Å². The summed E-state index contributed by atoms with van der Waals surface area (Å²) >= 11 is 0. The van der Waals surface area contributed by atoms with Crippen LogP contribution in [-0.2, 0) is 11.2 Å².